The maximum Gasteiger partial charge on any atom is 0.271 e. The van der Waals surface area contributed by atoms with E-state index < -0.39 is 4.92 Å². The number of ether oxygens (including phenoxy) is 2. The van der Waals surface area contributed by atoms with E-state index in [0.717, 1.165) is 52.8 Å². The van der Waals surface area contributed by atoms with Crippen LogP contribution in [0.4, 0.5) is 57.7 Å². The van der Waals surface area contributed by atoms with Crippen molar-refractivity contribution >= 4 is 69.3 Å². The molecule has 17 heteroatoms. The van der Waals surface area contributed by atoms with Gasteiger partial charge in [0.25, 0.3) is 5.69 Å². The van der Waals surface area contributed by atoms with Gasteiger partial charge in [0.15, 0.2) is 0 Å². The Morgan fingerprint density at radius 1 is 0.672 bits per heavy atom. The maximum absolute atomic E-state index is 11.0. The molecule has 0 spiro atoms. The Morgan fingerprint density at radius 2 is 1.14 bits per heavy atom. The number of nitro groups is 1. The number of hydrogen-bond acceptors (Lipinski definition) is 14. The molecule has 2 aliphatic rings. The summed E-state index contributed by atoms with van der Waals surface area (Å²) in [5.41, 5.74) is 5.20. The molecule has 2 aromatic heterocycles. The molecule has 4 heterocycles. The number of nitrogens with zero attached hydrogens (tertiary/aromatic N) is 8. The van der Waals surface area contributed by atoms with Crippen molar-refractivity contribution in [1.29, 1.82) is 0 Å². The highest BCUT2D eigenvalue weighted by Gasteiger charge is 2.14. The summed E-state index contributed by atoms with van der Waals surface area (Å²) in [6, 6.07) is 27.0. The molecule has 2 aliphatic heterocycles. The zero-order chi connectivity index (χ0) is 44.7. The van der Waals surface area contributed by atoms with Crippen LogP contribution >= 0.6 is 11.6 Å². The number of aromatic nitrogens is 4. The zero-order valence-corrected chi connectivity index (χ0v) is 36.6. The lowest BCUT2D eigenvalue weighted by Crippen LogP contribution is -2.25. The number of nitro benzene ring substituents is 1. The summed E-state index contributed by atoms with van der Waals surface area (Å²) in [5, 5.41) is 24.2. The quantitative estimate of drug-likeness (QED) is 0.0387. The molecular weight excluding hydrogens is 832 g/mol. The van der Waals surface area contributed by atoms with Crippen LogP contribution in [-0.4, -0.2) is 87.1 Å². The highest BCUT2D eigenvalue weighted by molar-refractivity contribution is 6.33. The van der Waals surface area contributed by atoms with E-state index in [0.29, 0.717) is 53.1 Å². The van der Waals surface area contributed by atoms with Crippen LogP contribution in [0.5, 0.6) is 11.5 Å². The average Bonchev–Trinajstić information content (AvgIpc) is 4.03. The molecule has 0 atom stereocenters. The first kappa shape index (κ1) is 45.0. The third-order valence-electron chi connectivity index (χ3n) is 10.6. The monoisotopic (exact) mass is 882 g/mol. The van der Waals surface area contributed by atoms with Crippen molar-refractivity contribution in [1.82, 2.24) is 29.7 Å². The van der Waals surface area contributed by atoms with Crippen LogP contribution in [-0.2, 0) is 0 Å². The lowest BCUT2D eigenvalue weighted by molar-refractivity contribution is -0.384. The van der Waals surface area contributed by atoms with Crippen molar-refractivity contribution in [2.24, 2.45) is 0 Å². The lowest BCUT2D eigenvalue weighted by Gasteiger charge is -2.15. The molecule has 0 radical (unpaired) electrons. The first-order valence-corrected chi connectivity index (χ1v) is 21.6. The van der Waals surface area contributed by atoms with E-state index in [1.807, 2.05) is 62.4 Å². The minimum absolute atomic E-state index is 0.0165. The van der Waals surface area contributed by atoms with Gasteiger partial charge in [-0.25, -0.2) is 14.8 Å². The Bertz CT molecular complexity index is 2530. The molecule has 4 aromatic carbocycles. The van der Waals surface area contributed by atoms with E-state index in [1.54, 1.807) is 42.7 Å². The van der Waals surface area contributed by atoms with E-state index in [-0.39, 0.29) is 5.69 Å². The number of aryl methyl sites for hydroxylation is 2. The SMILES string of the molecule is Cc1cnc(Nc2ccc(OCCN3CCCC3)cc2)nc1Nc1cccc([N+](=O)[O-])c1.[C-]#[N+]c1ccc(Nc2nc(Nc3ccc(OCCN4CCCC4)cc3)ncc2C)cc1Cl. The molecule has 8 rings (SSSR count). The van der Waals surface area contributed by atoms with Crippen molar-refractivity contribution in [2.75, 3.05) is 73.7 Å². The van der Waals surface area contributed by atoms with E-state index in [4.69, 9.17) is 27.6 Å². The summed E-state index contributed by atoms with van der Waals surface area (Å²) >= 11 is 6.14. The standard InChI is InChI=1S/C24H25ClN6O.C23H26N6O3/c1-17-16-27-24(30-23(17)28-19-7-10-22(26-2)21(25)15-19)29-18-5-8-20(9-6-18)32-14-13-31-11-3-4-12-31;1-17-16-24-23(27-22(17)25-19-5-4-6-20(15-19)29(30)31)26-18-7-9-21(10-8-18)32-14-13-28-11-2-3-12-28/h5-10,15-16H,3-4,11-14H2,1H3,(H2,27,28,29,30);4-10,15-16H,2-3,11-14H2,1H3,(H2,24,25,26,27). The van der Waals surface area contributed by atoms with Gasteiger partial charge < -0.3 is 30.7 Å². The van der Waals surface area contributed by atoms with E-state index in [2.05, 4.69) is 55.8 Å². The van der Waals surface area contributed by atoms with Gasteiger partial charge in [-0.2, -0.15) is 9.97 Å². The highest BCUT2D eigenvalue weighted by atomic mass is 35.5. The van der Waals surface area contributed by atoms with Crippen molar-refractivity contribution in [2.45, 2.75) is 39.5 Å². The van der Waals surface area contributed by atoms with Gasteiger partial charge in [0, 0.05) is 76.5 Å². The van der Waals surface area contributed by atoms with E-state index >= 15 is 0 Å². The first-order valence-electron chi connectivity index (χ1n) is 21.2. The largest absolute Gasteiger partial charge is 0.492 e. The highest BCUT2D eigenvalue weighted by Crippen LogP contribution is 2.30. The molecule has 0 bridgehead atoms. The van der Waals surface area contributed by atoms with Gasteiger partial charge in [0.1, 0.15) is 36.3 Å². The van der Waals surface area contributed by atoms with Crippen molar-refractivity contribution in [3.63, 3.8) is 0 Å². The molecule has 0 aliphatic carbocycles. The molecule has 0 amide bonds. The average molecular weight is 883 g/mol. The van der Waals surface area contributed by atoms with Gasteiger partial charge in [-0.05, 0) is 132 Å². The fourth-order valence-electron chi connectivity index (χ4n) is 7.03. The Kier molecular flexibility index (Phi) is 15.7. The summed E-state index contributed by atoms with van der Waals surface area (Å²) < 4.78 is 11.7. The smallest absolute Gasteiger partial charge is 0.271 e. The molecule has 2 saturated heterocycles. The molecule has 2 fully saturated rings. The van der Waals surface area contributed by atoms with Gasteiger partial charge in [-0.15, -0.1) is 0 Å². The predicted molar refractivity (Wildman–Crippen MR) is 253 cm³/mol. The summed E-state index contributed by atoms with van der Waals surface area (Å²) in [5.74, 6) is 3.81. The van der Waals surface area contributed by atoms with Gasteiger partial charge >= 0.3 is 0 Å². The van der Waals surface area contributed by atoms with Crippen LogP contribution in [0.3, 0.4) is 0 Å². The van der Waals surface area contributed by atoms with Crippen LogP contribution in [0, 0.1) is 30.5 Å². The van der Waals surface area contributed by atoms with Crippen LogP contribution in [0.1, 0.15) is 36.8 Å². The molecule has 4 N–H and O–H groups in total. The van der Waals surface area contributed by atoms with Gasteiger partial charge in [-0.3, -0.25) is 19.9 Å². The second-order valence-electron chi connectivity index (χ2n) is 15.4. The minimum atomic E-state index is -0.426. The van der Waals surface area contributed by atoms with Gasteiger partial charge in [0.2, 0.25) is 17.6 Å². The number of benzene rings is 4. The Labute approximate surface area is 378 Å². The molecule has 0 unspecified atom stereocenters. The zero-order valence-electron chi connectivity index (χ0n) is 35.9. The summed E-state index contributed by atoms with van der Waals surface area (Å²) in [6.07, 6.45) is 8.60. The normalized spacial score (nSPS) is 13.6. The van der Waals surface area contributed by atoms with Crippen molar-refractivity contribution in [3.05, 3.63) is 141 Å². The predicted octanol–water partition coefficient (Wildman–Crippen LogP) is 10.6. The topological polar surface area (TPSA) is 172 Å². The number of non-ortho nitro benzene ring substituents is 1. The summed E-state index contributed by atoms with van der Waals surface area (Å²) in [6.45, 7) is 18.9. The third-order valence-corrected chi connectivity index (χ3v) is 10.9. The lowest BCUT2D eigenvalue weighted by atomic mass is 10.2. The summed E-state index contributed by atoms with van der Waals surface area (Å²) in [4.78, 5) is 36.6. The van der Waals surface area contributed by atoms with Crippen LogP contribution < -0.4 is 30.7 Å². The minimum Gasteiger partial charge on any atom is -0.492 e. The van der Waals surface area contributed by atoms with Gasteiger partial charge in [-0.1, -0.05) is 23.7 Å². The molecule has 0 saturated carbocycles. The second kappa shape index (κ2) is 22.3. The summed E-state index contributed by atoms with van der Waals surface area (Å²) in [7, 11) is 0. The van der Waals surface area contributed by atoms with Crippen LogP contribution in [0.25, 0.3) is 4.85 Å². The molecule has 330 valence electrons. The number of likely N-dealkylation sites (tertiary alicyclic amines) is 2. The molecule has 6 aromatic rings. The fourth-order valence-corrected chi connectivity index (χ4v) is 7.25. The molecule has 16 nitrogen and oxygen atoms in total. The Morgan fingerprint density at radius 3 is 1.59 bits per heavy atom. The van der Waals surface area contributed by atoms with Crippen molar-refractivity contribution in [3.8, 4) is 11.5 Å². The number of hydrogen-bond donors (Lipinski definition) is 4. The number of anilines is 8. The molecule has 64 heavy (non-hydrogen) atoms. The number of nitrogens with one attached hydrogen (secondary N) is 4. The number of halogens is 1. The van der Waals surface area contributed by atoms with Crippen LogP contribution in [0.2, 0.25) is 5.02 Å². The fraction of sp³-hybridized carbons (Fsp3) is 0.298. The molecular formula is C47H51ClN12O4. The Balaban J connectivity index is 0.000000191. The first-order chi connectivity index (χ1) is 31.2. The number of rotatable bonds is 17. The van der Waals surface area contributed by atoms with Gasteiger partial charge in [0.05, 0.1) is 11.5 Å². The maximum atomic E-state index is 11.0. The van der Waals surface area contributed by atoms with Crippen LogP contribution in [0.15, 0.2) is 103 Å². The third kappa shape index (κ3) is 13.2. The Hall–Kier alpha value is -7.06. The van der Waals surface area contributed by atoms with E-state index in [1.165, 1.54) is 64.0 Å². The van der Waals surface area contributed by atoms with Crippen molar-refractivity contribution < 1.29 is 14.4 Å². The van der Waals surface area contributed by atoms with E-state index in [9.17, 15) is 10.1 Å². The second-order valence-corrected chi connectivity index (χ2v) is 15.8.